The van der Waals surface area contributed by atoms with E-state index in [2.05, 4.69) is 0 Å². The zero-order chi connectivity index (χ0) is 22.0. The number of ketones is 1. The van der Waals surface area contributed by atoms with Crippen molar-refractivity contribution in [3.05, 3.63) is 94.7 Å². The Morgan fingerprint density at radius 3 is 2.58 bits per heavy atom. The van der Waals surface area contributed by atoms with Gasteiger partial charge in [0.25, 0.3) is 0 Å². The standard InChI is InChI=1S/C25H19ClO5/c1-15-20(31-25(28)22(26)17-8-4-3-5-9-17)12-11-19-23(27)21(30-24(15)19)14-16-7-6-10-18(13-16)29-2/h3-14,22H,1-2H3/b21-14-. The minimum Gasteiger partial charge on any atom is -0.497 e. The molecule has 3 aromatic rings. The summed E-state index contributed by atoms with van der Waals surface area (Å²) in [4.78, 5) is 25.3. The van der Waals surface area contributed by atoms with Crippen molar-refractivity contribution in [2.24, 2.45) is 0 Å². The number of alkyl halides is 1. The Morgan fingerprint density at radius 1 is 1.06 bits per heavy atom. The van der Waals surface area contributed by atoms with Gasteiger partial charge in [-0.05, 0) is 48.4 Å². The van der Waals surface area contributed by atoms with Crippen LogP contribution in [0.15, 0.2) is 72.5 Å². The van der Waals surface area contributed by atoms with E-state index in [0.29, 0.717) is 33.9 Å². The zero-order valence-corrected chi connectivity index (χ0v) is 17.7. The molecule has 6 heteroatoms. The largest absolute Gasteiger partial charge is 0.497 e. The van der Waals surface area contributed by atoms with Crippen molar-refractivity contribution in [3.8, 4) is 17.2 Å². The summed E-state index contributed by atoms with van der Waals surface area (Å²) in [7, 11) is 1.58. The molecule has 0 saturated carbocycles. The molecule has 156 valence electrons. The lowest BCUT2D eigenvalue weighted by Gasteiger charge is -2.13. The van der Waals surface area contributed by atoms with Gasteiger partial charge in [-0.25, -0.2) is 4.79 Å². The highest BCUT2D eigenvalue weighted by Gasteiger charge is 2.31. The zero-order valence-electron chi connectivity index (χ0n) is 16.9. The predicted octanol–water partition coefficient (Wildman–Crippen LogP) is 5.51. The summed E-state index contributed by atoms with van der Waals surface area (Å²) in [5, 5.41) is -0.945. The molecule has 0 N–H and O–H groups in total. The maximum Gasteiger partial charge on any atom is 0.334 e. The molecule has 1 aliphatic rings. The van der Waals surface area contributed by atoms with Crippen LogP contribution in [0.1, 0.15) is 32.4 Å². The molecule has 5 nitrogen and oxygen atoms in total. The van der Waals surface area contributed by atoms with Crippen LogP contribution in [0.2, 0.25) is 0 Å². The van der Waals surface area contributed by atoms with Crippen molar-refractivity contribution in [1.82, 2.24) is 0 Å². The van der Waals surface area contributed by atoms with Crippen LogP contribution in [0.4, 0.5) is 0 Å². The van der Waals surface area contributed by atoms with Gasteiger partial charge >= 0.3 is 5.97 Å². The third-order valence-electron chi connectivity index (χ3n) is 4.94. The topological polar surface area (TPSA) is 61.8 Å². The quantitative estimate of drug-likeness (QED) is 0.229. The molecule has 0 bridgehead atoms. The molecule has 1 atom stereocenters. The number of benzene rings is 3. The Labute approximate surface area is 184 Å². The molecule has 0 spiro atoms. The molecule has 1 aliphatic heterocycles. The van der Waals surface area contributed by atoms with Crippen molar-refractivity contribution in [3.63, 3.8) is 0 Å². The summed E-state index contributed by atoms with van der Waals surface area (Å²) in [5.41, 5.74) is 2.37. The lowest BCUT2D eigenvalue weighted by atomic mass is 10.1. The number of hydrogen-bond donors (Lipinski definition) is 0. The SMILES string of the molecule is COc1cccc(/C=C2\Oc3c(ccc(OC(=O)C(Cl)c4ccccc4)c3C)C2=O)c1. The Balaban J connectivity index is 1.57. The van der Waals surface area contributed by atoms with Crippen LogP contribution >= 0.6 is 11.6 Å². The molecule has 0 radical (unpaired) electrons. The summed E-state index contributed by atoms with van der Waals surface area (Å²) in [5.74, 6) is 0.688. The van der Waals surface area contributed by atoms with Crippen molar-refractivity contribution < 1.29 is 23.8 Å². The molecule has 0 amide bonds. The number of allylic oxidation sites excluding steroid dienone is 1. The number of hydrogen-bond acceptors (Lipinski definition) is 5. The third-order valence-corrected chi connectivity index (χ3v) is 5.37. The fraction of sp³-hybridized carbons (Fsp3) is 0.120. The lowest BCUT2D eigenvalue weighted by Crippen LogP contribution is -2.15. The molecule has 0 saturated heterocycles. The molecule has 4 rings (SSSR count). The van der Waals surface area contributed by atoms with E-state index in [-0.39, 0.29) is 11.5 Å². The van der Waals surface area contributed by atoms with E-state index in [9.17, 15) is 9.59 Å². The third kappa shape index (κ3) is 4.18. The van der Waals surface area contributed by atoms with Crippen LogP contribution in [-0.4, -0.2) is 18.9 Å². The van der Waals surface area contributed by atoms with Crippen LogP contribution in [0, 0.1) is 6.92 Å². The molecule has 3 aromatic carbocycles. The van der Waals surface area contributed by atoms with E-state index >= 15 is 0 Å². The van der Waals surface area contributed by atoms with E-state index in [1.54, 1.807) is 62.6 Å². The predicted molar refractivity (Wildman–Crippen MR) is 118 cm³/mol. The normalized spacial score (nSPS) is 14.7. The first-order valence-electron chi connectivity index (χ1n) is 9.60. The summed E-state index contributed by atoms with van der Waals surface area (Å²) < 4.78 is 16.6. The maximum absolute atomic E-state index is 12.8. The number of ether oxygens (including phenoxy) is 3. The van der Waals surface area contributed by atoms with E-state index in [1.807, 2.05) is 24.3 Å². The number of fused-ring (bicyclic) bond motifs is 1. The van der Waals surface area contributed by atoms with E-state index in [1.165, 1.54) is 0 Å². The number of halogens is 1. The van der Waals surface area contributed by atoms with E-state index in [4.69, 9.17) is 25.8 Å². The van der Waals surface area contributed by atoms with Crippen LogP contribution in [-0.2, 0) is 4.79 Å². The number of methoxy groups -OCH3 is 1. The van der Waals surface area contributed by atoms with Gasteiger partial charge in [0, 0.05) is 5.56 Å². The van der Waals surface area contributed by atoms with Gasteiger partial charge in [0.1, 0.15) is 17.2 Å². The van der Waals surface area contributed by atoms with Crippen LogP contribution in [0.3, 0.4) is 0 Å². The summed E-state index contributed by atoms with van der Waals surface area (Å²) in [6.45, 7) is 1.73. The van der Waals surface area contributed by atoms with Crippen LogP contribution in [0.25, 0.3) is 6.08 Å². The van der Waals surface area contributed by atoms with Crippen molar-refractivity contribution >= 4 is 29.4 Å². The first-order chi connectivity index (χ1) is 15.0. The van der Waals surface area contributed by atoms with Gasteiger partial charge in [-0.15, -0.1) is 11.6 Å². The van der Waals surface area contributed by atoms with Gasteiger partial charge in [-0.2, -0.15) is 0 Å². The highest BCUT2D eigenvalue weighted by atomic mass is 35.5. The minimum atomic E-state index is -0.945. The second kappa shape index (κ2) is 8.66. The molecular weight excluding hydrogens is 416 g/mol. The highest BCUT2D eigenvalue weighted by molar-refractivity contribution is 6.30. The Hall–Kier alpha value is -3.57. The second-order valence-corrected chi connectivity index (χ2v) is 7.41. The number of esters is 1. The monoisotopic (exact) mass is 434 g/mol. The molecule has 31 heavy (non-hydrogen) atoms. The fourth-order valence-corrected chi connectivity index (χ4v) is 3.47. The number of carbonyl (C=O) groups excluding carboxylic acids is 2. The van der Waals surface area contributed by atoms with Gasteiger partial charge < -0.3 is 14.2 Å². The van der Waals surface area contributed by atoms with Gasteiger partial charge in [-0.3, -0.25) is 4.79 Å². The molecule has 1 heterocycles. The Bertz CT molecular complexity index is 1180. The van der Waals surface area contributed by atoms with Gasteiger partial charge in [0.2, 0.25) is 5.78 Å². The minimum absolute atomic E-state index is 0.189. The number of carbonyl (C=O) groups is 2. The van der Waals surface area contributed by atoms with Gasteiger partial charge in [0.05, 0.1) is 12.7 Å². The smallest absolute Gasteiger partial charge is 0.334 e. The molecule has 0 aliphatic carbocycles. The summed E-state index contributed by atoms with van der Waals surface area (Å²) in [6, 6.07) is 19.4. The summed E-state index contributed by atoms with van der Waals surface area (Å²) in [6.07, 6.45) is 1.65. The average molecular weight is 435 g/mol. The van der Waals surface area contributed by atoms with Crippen molar-refractivity contribution in [2.75, 3.05) is 7.11 Å². The first kappa shape index (κ1) is 20.7. The number of rotatable bonds is 5. The maximum atomic E-state index is 12.8. The Kier molecular flexibility index (Phi) is 5.78. The van der Waals surface area contributed by atoms with E-state index < -0.39 is 11.3 Å². The van der Waals surface area contributed by atoms with E-state index in [0.717, 1.165) is 5.56 Å². The lowest BCUT2D eigenvalue weighted by molar-refractivity contribution is -0.134. The number of Topliss-reactive ketones (excluding diaryl/α,β-unsaturated/α-hetero) is 1. The molecular formula is C25H19ClO5. The van der Waals surface area contributed by atoms with Crippen LogP contribution in [0.5, 0.6) is 17.2 Å². The second-order valence-electron chi connectivity index (χ2n) is 6.98. The van der Waals surface area contributed by atoms with Crippen molar-refractivity contribution in [1.29, 1.82) is 0 Å². The average Bonchev–Trinajstić information content (AvgIpc) is 3.11. The Morgan fingerprint density at radius 2 is 1.84 bits per heavy atom. The summed E-state index contributed by atoms with van der Waals surface area (Å²) >= 11 is 6.26. The highest BCUT2D eigenvalue weighted by Crippen LogP contribution is 2.40. The molecule has 0 aromatic heterocycles. The van der Waals surface area contributed by atoms with Crippen molar-refractivity contribution in [2.45, 2.75) is 12.3 Å². The van der Waals surface area contributed by atoms with Gasteiger partial charge in [-0.1, -0.05) is 42.5 Å². The van der Waals surface area contributed by atoms with Crippen LogP contribution < -0.4 is 14.2 Å². The molecule has 1 unspecified atom stereocenters. The fourth-order valence-electron chi connectivity index (χ4n) is 3.28. The van der Waals surface area contributed by atoms with Gasteiger partial charge in [0.15, 0.2) is 11.1 Å². The first-order valence-corrected chi connectivity index (χ1v) is 10.0. The molecule has 0 fully saturated rings.